The highest BCUT2D eigenvalue weighted by Gasteiger charge is 2.36. The summed E-state index contributed by atoms with van der Waals surface area (Å²) in [6.07, 6.45) is -1.91. The smallest absolute Gasteiger partial charge is 0.328 e. The molecule has 2 heterocycles. The summed E-state index contributed by atoms with van der Waals surface area (Å²) in [5.74, 6) is -0.147. The summed E-state index contributed by atoms with van der Waals surface area (Å²) in [6.45, 7) is 1.88. The standard InChI is InChI=1S/C21H19F5N6O/c1-12(18-29-11-32(30-18)20-27-5-2-6-28-20)31(10-13-3-4-13)19(33)15-7-14(17(22)23)8-16(9-15)21(24,25)26/h2,5-9,11-13,17H,3-4,10H2,1H3. The fourth-order valence-corrected chi connectivity index (χ4v) is 3.34. The summed E-state index contributed by atoms with van der Waals surface area (Å²) < 4.78 is 67.7. The minimum absolute atomic E-state index is 0.177. The number of rotatable bonds is 7. The first-order valence-corrected chi connectivity index (χ1v) is 10.1. The number of hydrogen-bond acceptors (Lipinski definition) is 5. The van der Waals surface area contributed by atoms with Crippen molar-refractivity contribution in [2.75, 3.05) is 6.54 Å². The molecule has 1 fully saturated rings. The Morgan fingerprint density at radius 1 is 1.15 bits per heavy atom. The molecule has 0 N–H and O–H groups in total. The third kappa shape index (κ3) is 5.15. The minimum atomic E-state index is -4.87. The van der Waals surface area contributed by atoms with Gasteiger partial charge in [-0.2, -0.15) is 17.9 Å². The molecular formula is C21H19F5N6O. The molecule has 2 aromatic heterocycles. The maximum absolute atomic E-state index is 13.3. The first-order chi connectivity index (χ1) is 15.6. The lowest BCUT2D eigenvalue weighted by molar-refractivity contribution is -0.137. The summed E-state index contributed by atoms with van der Waals surface area (Å²) >= 11 is 0. The maximum atomic E-state index is 13.3. The molecule has 4 rings (SSSR count). The number of amides is 1. The molecule has 174 valence electrons. The second-order valence-electron chi connectivity index (χ2n) is 7.82. The van der Waals surface area contributed by atoms with Gasteiger partial charge >= 0.3 is 6.18 Å². The van der Waals surface area contributed by atoms with Gasteiger partial charge in [-0.1, -0.05) is 0 Å². The van der Waals surface area contributed by atoms with Crippen LogP contribution in [0.1, 0.15) is 59.5 Å². The number of alkyl halides is 5. The summed E-state index contributed by atoms with van der Waals surface area (Å²) in [5, 5.41) is 4.29. The second kappa shape index (κ2) is 8.83. The molecule has 12 heteroatoms. The molecule has 1 saturated carbocycles. The summed E-state index contributed by atoms with van der Waals surface area (Å²) in [7, 11) is 0. The summed E-state index contributed by atoms with van der Waals surface area (Å²) in [6, 6.07) is 2.67. The van der Waals surface area contributed by atoms with E-state index in [4.69, 9.17) is 0 Å². The molecule has 1 atom stereocenters. The van der Waals surface area contributed by atoms with Gasteiger partial charge in [0.2, 0.25) is 0 Å². The molecule has 0 aliphatic heterocycles. The predicted octanol–water partition coefficient (Wildman–Crippen LogP) is 4.63. The molecule has 1 aromatic carbocycles. The van der Waals surface area contributed by atoms with E-state index in [1.807, 2.05) is 0 Å². The van der Waals surface area contributed by atoms with E-state index in [1.54, 1.807) is 13.0 Å². The van der Waals surface area contributed by atoms with Gasteiger partial charge in [-0.25, -0.2) is 23.7 Å². The number of aromatic nitrogens is 5. The third-order valence-electron chi connectivity index (χ3n) is 5.30. The Kier molecular flexibility index (Phi) is 6.09. The third-order valence-corrected chi connectivity index (χ3v) is 5.30. The van der Waals surface area contributed by atoms with Gasteiger partial charge in [0.15, 0.2) is 5.82 Å². The van der Waals surface area contributed by atoms with Gasteiger partial charge in [0, 0.05) is 30.1 Å². The fourth-order valence-electron chi connectivity index (χ4n) is 3.34. The lowest BCUT2D eigenvalue weighted by Gasteiger charge is -2.28. The van der Waals surface area contributed by atoms with Crippen molar-refractivity contribution in [1.82, 2.24) is 29.6 Å². The van der Waals surface area contributed by atoms with Crippen LogP contribution in [0.4, 0.5) is 22.0 Å². The SMILES string of the molecule is CC(c1ncn(-c2ncccn2)n1)N(CC1CC1)C(=O)c1cc(C(F)F)cc(C(F)(F)F)c1. The molecule has 3 aromatic rings. The van der Waals surface area contributed by atoms with Gasteiger partial charge in [-0.15, -0.1) is 5.10 Å². The molecule has 0 saturated heterocycles. The fraction of sp³-hybridized carbons (Fsp3) is 0.381. The van der Waals surface area contributed by atoms with Crippen LogP contribution in [-0.2, 0) is 6.18 Å². The first-order valence-electron chi connectivity index (χ1n) is 10.1. The maximum Gasteiger partial charge on any atom is 0.416 e. The van der Waals surface area contributed by atoms with Crippen LogP contribution < -0.4 is 0 Å². The van der Waals surface area contributed by atoms with Crippen LogP contribution >= 0.6 is 0 Å². The number of carbonyl (C=O) groups excluding carboxylic acids is 1. The Bertz CT molecular complexity index is 1130. The van der Waals surface area contributed by atoms with Crippen molar-refractivity contribution in [1.29, 1.82) is 0 Å². The zero-order chi connectivity index (χ0) is 23.8. The monoisotopic (exact) mass is 466 g/mol. The largest absolute Gasteiger partial charge is 0.416 e. The first kappa shape index (κ1) is 22.7. The van der Waals surface area contributed by atoms with E-state index in [9.17, 15) is 26.7 Å². The zero-order valence-electron chi connectivity index (χ0n) is 17.4. The molecule has 0 bridgehead atoms. The average molecular weight is 466 g/mol. The molecule has 1 amide bonds. The van der Waals surface area contributed by atoms with E-state index in [-0.39, 0.29) is 24.2 Å². The lowest BCUT2D eigenvalue weighted by atomic mass is 10.0. The number of halogens is 5. The highest BCUT2D eigenvalue weighted by molar-refractivity contribution is 5.95. The Morgan fingerprint density at radius 2 is 1.85 bits per heavy atom. The van der Waals surface area contributed by atoms with Crippen LogP contribution in [0.25, 0.3) is 5.95 Å². The Morgan fingerprint density at radius 3 is 2.45 bits per heavy atom. The Hall–Kier alpha value is -3.44. The van der Waals surface area contributed by atoms with Crippen LogP contribution in [0.2, 0.25) is 0 Å². The van der Waals surface area contributed by atoms with Gasteiger partial charge in [-0.05, 0) is 49.9 Å². The van der Waals surface area contributed by atoms with Crippen molar-refractivity contribution >= 4 is 5.91 Å². The number of hydrogen-bond donors (Lipinski definition) is 0. The normalized spacial score (nSPS) is 15.0. The van der Waals surface area contributed by atoms with Crippen molar-refractivity contribution in [3.05, 3.63) is 65.5 Å². The lowest BCUT2D eigenvalue weighted by Crippen LogP contribution is -2.36. The molecule has 7 nitrogen and oxygen atoms in total. The highest BCUT2D eigenvalue weighted by atomic mass is 19.4. The van der Waals surface area contributed by atoms with Crippen molar-refractivity contribution in [3.8, 4) is 5.95 Å². The van der Waals surface area contributed by atoms with Crippen LogP contribution in [0.5, 0.6) is 0 Å². The minimum Gasteiger partial charge on any atom is -0.328 e. The number of carbonyl (C=O) groups is 1. The van der Waals surface area contributed by atoms with E-state index in [0.29, 0.717) is 12.1 Å². The van der Waals surface area contributed by atoms with Crippen LogP contribution in [0.15, 0.2) is 43.0 Å². The van der Waals surface area contributed by atoms with Crippen molar-refractivity contribution in [2.24, 2.45) is 5.92 Å². The van der Waals surface area contributed by atoms with Gasteiger partial charge in [0.1, 0.15) is 6.33 Å². The van der Waals surface area contributed by atoms with E-state index < -0.39 is 41.2 Å². The number of nitrogens with zero attached hydrogens (tertiary/aromatic N) is 6. The van der Waals surface area contributed by atoms with E-state index in [1.165, 1.54) is 28.3 Å². The Labute approximate surface area is 185 Å². The van der Waals surface area contributed by atoms with Crippen LogP contribution in [0, 0.1) is 5.92 Å². The van der Waals surface area contributed by atoms with Crippen LogP contribution in [0.3, 0.4) is 0 Å². The average Bonchev–Trinajstić information content (AvgIpc) is 3.48. The molecule has 33 heavy (non-hydrogen) atoms. The summed E-state index contributed by atoms with van der Waals surface area (Å²) in [5.41, 5.74) is -2.62. The molecular weight excluding hydrogens is 447 g/mol. The van der Waals surface area contributed by atoms with Crippen molar-refractivity contribution in [3.63, 3.8) is 0 Å². The second-order valence-corrected chi connectivity index (χ2v) is 7.82. The van der Waals surface area contributed by atoms with E-state index in [0.717, 1.165) is 18.9 Å². The molecule has 1 aliphatic carbocycles. The van der Waals surface area contributed by atoms with Gasteiger partial charge < -0.3 is 4.90 Å². The highest BCUT2D eigenvalue weighted by Crippen LogP contribution is 2.36. The molecule has 0 spiro atoms. The Balaban J connectivity index is 1.67. The molecule has 1 aliphatic rings. The quantitative estimate of drug-likeness (QED) is 0.475. The van der Waals surface area contributed by atoms with Crippen LogP contribution in [-0.4, -0.2) is 42.1 Å². The summed E-state index contributed by atoms with van der Waals surface area (Å²) in [4.78, 5) is 26.9. The van der Waals surface area contributed by atoms with Gasteiger partial charge in [0.25, 0.3) is 18.3 Å². The molecule has 0 radical (unpaired) electrons. The van der Waals surface area contributed by atoms with Gasteiger partial charge in [0.05, 0.1) is 11.6 Å². The van der Waals surface area contributed by atoms with Crippen molar-refractivity contribution < 1.29 is 26.7 Å². The van der Waals surface area contributed by atoms with E-state index >= 15 is 0 Å². The van der Waals surface area contributed by atoms with Gasteiger partial charge in [-0.3, -0.25) is 4.79 Å². The van der Waals surface area contributed by atoms with Crippen molar-refractivity contribution in [2.45, 2.75) is 38.4 Å². The number of benzene rings is 1. The zero-order valence-corrected chi connectivity index (χ0v) is 17.4. The van der Waals surface area contributed by atoms with E-state index in [2.05, 4.69) is 20.1 Å². The molecule has 1 unspecified atom stereocenters. The predicted molar refractivity (Wildman–Crippen MR) is 106 cm³/mol. The topological polar surface area (TPSA) is 76.8 Å².